The van der Waals surface area contributed by atoms with Gasteiger partial charge in [0.05, 0.1) is 44.2 Å². The Kier molecular flexibility index (Phi) is 17.4. The number of methoxy groups -OCH3 is 1. The maximum atomic E-state index is 12.1. The third-order valence-corrected chi connectivity index (χ3v) is 19.8. The van der Waals surface area contributed by atoms with Gasteiger partial charge in [0.15, 0.2) is 30.9 Å². The minimum atomic E-state index is -1.74. The number of aliphatic hydroxyl groups excluding tert-OH is 12. The smallest absolute Gasteiger partial charge is 0.187 e. The van der Waals surface area contributed by atoms with Crippen molar-refractivity contribution in [3.63, 3.8) is 0 Å². The highest BCUT2D eigenvalue weighted by Crippen LogP contribution is 2.70. The summed E-state index contributed by atoms with van der Waals surface area (Å²) in [5.41, 5.74) is 1.19. The van der Waals surface area contributed by atoms with Gasteiger partial charge in [-0.1, -0.05) is 39.3 Å². The molecular formula is C52H86O22. The van der Waals surface area contributed by atoms with Crippen molar-refractivity contribution in [2.24, 2.45) is 46.3 Å². The van der Waals surface area contributed by atoms with E-state index in [0.717, 1.165) is 32.1 Å². The van der Waals surface area contributed by atoms with Crippen molar-refractivity contribution >= 4 is 0 Å². The summed E-state index contributed by atoms with van der Waals surface area (Å²) in [6, 6.07) is 0. The fourth-order valence-corrected chi connectivity index (χ4v) is 15.3. The van der Waals surface area contributed by atoms with Crippen molar-refractivity contribution in [1.29, 1.82) is 0 Å². The molecule has 0 aromatic carbocycles. The van der Waals surface area contributed by atoms with Gasteiger partial charge >= 0.3 is 0 Å². The highest BCUT2D eigenvalue weighted by molar-refractivity contribution is 5.26. The molecule has 0 radical (unpaired) electrons. The van der Waals surface area contributed by atoms with E-state index < -0.39 is 148 Å². The Morgan fingerprint density at radius 2 is 1.24 bits per heavy atom. The standard InChI is InChI=1S/C52H86O22/c1-21(20-66-46-40(61)39(60)36(57)31(18-53)70-46)10-15-52(65-7)22(2)33-30(74-52)17-29-27-9-8-25-16-26(11-13-50(25,5)28(27)12-14-51(29,33)6)69-49-45(73-48-42(63)38(59)35(56)24(4)68-48)43(64)44(32(19-54)71-49)72-47-41(62)37(58)34(55)23(3)67-47/h8,21-24,26-49,53-64H,9-20H2,1-7H3/t21-,22-,23-,24-,26-,27-,28+,29-,30+,31+,32+,33+,34-,35-,36+,37+,38+,39-,40+,41+,42+,43-,44+,45+,46+,47-,48-,49+,50-,51-,52-/m0/s1. The molecule has 8 fully saturated rings. The minimum Gasteiger partial charge on any atom is -0.394 e. The molecule has 9 rings (SSSR count). The summed E-state index contributed by atoms with van der Waals surface area (Å²) < 4.78 is 61.5. The van der Waals surface area contributed by atoms with Crippen LogP contribution in [0.5, 0.6) is 0 Å². The van der Waals surface area contributed by atoms with Gasteiger partial charge in [0.25, 0.3) is 0 Å². The summed E-state index contributed by atoms with van der Waals surface area (Å²) in [6.07, 6.45) is -19.4. The predicted octanol–water partition coefficient (Wildman–Crippen LogP) is -1.33. The quantitative estimate of drug-likeness (QED) is 0.0846. The molecule has 12 N–H and O–H groups in total. The molecular weight excluding hydrogens is 977 g/mol. The van der Waals surface area contributed by atoms with Crippen molar-refractivity contribution in [2.45, 2.75) is 240 Å². The fourth-order valence-electron chi connectivity index (χ4n) is 15.3. The molecule has 0 spiro atoms. The molecule has 5 aliphatic heterocycles. The summed E-state index contributed by atoms with van der Waals surface area (Å²) in [6.45, 7) is 11.1. The Bertz CT molecular complexity index is 1920. The molecule has 31 atom stereocenters. The van der Waals surface area contributed by atoms with Crippen LogP contribution in [0.2, 0.25) is 0 Å². The van der Waals surface area contributed by atoms with E-state index in [1.807, 2.05) is 6.92 Å². The zero-order valence-electron chi connectivity index (χ0n) is 43.7. The van der Waals surface area contributed by atoms with Crippen molar-refractivity contribution < 1.29 is 109 Å². The third kappa shape index (κ3) is 10.1. The lowest BCUT2D eigenvalue weighted by atomic mass is 9.47. The van der Waals surface area contributed by atoms with Gasteiger partial charge in [-0.3, -0.25) is 0 Å². The van der Waals surface area contributed by atoms with Gasteiger partial charge in [-0.25, -0.2) is 0 Å². The summed E-state index contributed by atoms with van der Waals surface area (Å²) in [4.78, 5) is 0. The van der Waals surface area contributed by atoms with Gasteiger partial charge in [0, 0.05) is 19.4 Å². The summed E-state index contributed by atoms with van der Waals surface area (Å²) in [7, 11) is 1.72. The first-order valence-electron chi connectivity index (χ1n) is 27.2. The zero-order chi connectivity index (χ0) is 53.5. The molecule has 0 aromatic rings. The van der Waals surface area contributed by atoms with E-state index in [1.54, 1.807) is 7.11 Å². The third-order valence-electron chi connectivity index (χ3n) is 19.8. The van der Waals surface area contributed by atoms with Crippen LogP contribution in [0.4, 0.5) is 0 Å². The molecule has 0 unspecified atom stereocenters. The van der Waals surface area contributed by atoms with E-state index in [2.05, 4.69) is 26.8 Å². The van der Waals surface area contributed by atoms with Crippen LogP contribution in [0.25, 0.3) is 0 Å². The molecule has 9 aliphatic rings. The molecule has 74 heavy (non-hydrogen) atoms. The Morgan fingerprint density at radius 1 is 0.649 bits per heavy atom. The van der Waals surface area contributed by atoms with E-state index in [0.29, 0.717) is 43.4 Å². The number of fused-ring (bicyclic) bond motifs is 7. The number of aliphatic hydroxyl groups is 12. The average Bonchev–Trinajstić information content (AvgIpc) is 3.84. The van der Waals surface area contributed by atoms with E-state index >= 15 is 0 Å². The number of allylic oxidation sites excluding steroid dienone is 1. The zero-order valence-corrected chi connectivity index (χ0v) is 43.7. The summed E-state index contributed by atoms with van der Waals surface area (Å²) in [5.74, 6) is 0.884. The Balaban J connectivity index is 0.854. The van der Waals surface area contributed by atoms with Crippen molar-refractivity contribution in [1.82, 2.24) is 0 Å². The number of rotatable bonds is 15. The van der Waals surface area contributed by atoms with E-state index in [1.165, 1.54) is 19.4 Å². The van der Waals surface area contributed by atoms with Crippen LogP contribution in [-0.4, -0.2) is 229 Å². The summed E-state index contributed by atoms with van der Waals surface area (Å²) >= 11 is 0. The van der Waals surface area contributed by atoms with Gasteiger partial charge in [0.1, 0.15) is 85.5 Å². The Hall–Kier alpha value is -1.14. The molecule has 22 heteroatoms. The van der Waals surface area contributed by atoms with Crippen LogP contribution < -0.4 is 0 Å². The molecule has 5 saturated heterocycles. The molecule has 0 aromatic heterocycles. The van der Waals surface area contributed by atoms with Crippen molar-refractivity contribution in [2.75, 3.05) is 26.9 Å². The molecule has 3 saturated carbocycles. The van der Waals surface area contributed by atoms with Crippen molar-refractivity contribution in [3.8, 4) is 0 Å². The second-order valence-electron chi connectivity index (χ2n) is 24.0. The lowest BCUT2D eigenvalue weighted by molar-refractivity contribution is -0.388. The van der Waals surface area contributed by atoms with Crippen molar-refractivity contribution in [3.05, 3.63) is 11.6 Å². The van der Waals surface area contributed by atoms with Gasteiger partial charge in [-0.05, 0) is 106 Å². The highest BCUT2D eigenvalue weighted by Gasteiger charge is 2.68. The van der Waals surface area contributed by atoms with Gasteiger partial charge in [0.2, 0.25) is 0 Å². The van der Waals surface area contributed by atoms with Gasteiger partial charge in [-0.15, -0.1) is 0 Å². The lowest BCUT2D eigenvalue weighted by Crippen LogP contribution is -2.66. The minimum absolute atomic E-state index is 0.00465. The van der Waals surface area contributed by atoms with Crippen LogP contribution in [0, 0.1) is 46.3 Å². The highest BCUT2D eigenvalue weighted by atomic mass is 16.8. The van der Waals surface area contributed by atoms with Crippen LogP contribution in [0.3, 0.4) is 0 Å². The number of hydrogen-bond donors (Lipinski definition) is 12. The Labute approximate surface area is 432 Å². The first-order valence-corrected chi connectivity index (χ1v) is 27.2. The molecule has 5 heterocycles. The first kappa shape index (κ1) is 57.5. The van der Waals surface area contributed by atoms with Gasteiger partial charge < -0.3 is 109 Å². The number of ether oxygens (including phenoxy) is 10. The largest absolute Gasteiger partial charge is 0.394 e. The van der Waals surface area contributed by atoms with Crippen LogP contribution in [-0.2, 0) is 47.4 Å². The predicted molar refractivity (Wildman–Crippen MR) is 254 cm³/mol. The Morgan fingerprint density at radius 3 is 1.86 bits per heavy atom. The molecule has 22 nitrogen and oxygen atoms in total. The average molecular weight is 1060 g/mol. The molecule has 0 bridgehead atoms. The normalized spacial score (nSPS) is 54.9. The first-order chi connectivity index (χ1) is 35.0. The van der Waals surface area contributed by atoms with E-state index in [4.69, 9.17) is 47.4 Å². The summed E-state index contributed by atoms with van der Waals surface area (Å²) in [5, 5.41) is 127. The lowest BCUT2D eigenvalue weighted by Gasteiger charge is -2.58. The molecule has 0 amide bonds. The fraction of sp³-hybridized carbons (Fsp3) is 0.962. The second kappa shape index (κ2) is 22.4. The van der Waals surface area contributed by atoms with Crippen LogP contribution in [0.1, 0.15) is 99.3 Å². The SMILES string of the molecule is CO[C@@]1(CC[C@H](C)CO[C@@H]2O[C@H](CO)[C@@H](O)[C@H](O)[C@H]2O)O[C@@H]2C[C@H]3[C@H]4CC=C5C[C@@H](O[C@@H]6O[C@H](CO)[C@@H](O[C@@H]7O[C@@H](C)[C@H](O)[C@@H](O)[C@H]7O)[C@H](O)[C@H]6O[C@@H]6O[C@@H](C)[C@H](O)[C@@H](O)[C@H]6O)CC[C@]5(C)[C@@H]4CC[C@]3(C)[C@@H]2[C@@H]1C. The molecule has 4 aliphatic carbocycles. The van der Waals surface area contributed by atoms with E-state index in [9.17, 15) is 61.3 Å². The second-order valence-corrected chi connectivity index (χ2v) is 24.0. The van der Waals surface area contributed by atoms with Crippen LogP contribution in [0.15, 0.2) is 11.6 Å². The topological polar surface area (TPSA) is 335 Å². The number of hydrogen-bond acceptors (Lipinski definition) is 22. The monoisotopic (exact) mass is 1060 g/mol. The van der Waals surface area contributed by atoms with Gasteiger partial charge in [-0.2, -0.15) is 0 Å². The molecule has 426 valence electrons. The maximum Gasteiger partial charge on any atom is 0.187 e. The van der Waals surface area contributed by atoms with Crippen LogP contribution >= 0.6 is 0 Å². The van der Waals surface area contributed by atoms with E-state index in [-0.39, 0.29) is 41.3 Å². The maximum absolute atomic E-state index is 12.1.